The zero-order valence-electron chi connectivity index (χ0n) is 10.5. The zero-order chi connectivity index (χ0) is 12.7. The number of amides is 1. The molecule has 1 aliphatic heterocycles. The summed E-state index contributed by atoms with van der Waals surface area (Å²) in [5.74, 6) is 1.31. The van der Waals surface area contributed by atoms with Crippen molar-refractivity contribution < 1.29 is 9.42 Å². The molecule has 98 valence electrons. The molecule has 1 aromatic heterocycles. The molecule has 2 atom stereocenters. The molecule has 0 radical (unpaired) electrons. The first-order valence-corrected chi connectivity index (χ1v) is 6.46. The molecule has 0 aromatic carbocycles. The minimum Gasteiger partial charge on any atom is -0.340 e. The summed E-state index contributed by atoms with van der Waals surface area (Å²) in [5.41, 5.74) is 7.42. The van der Waals surface area contributed by atoms with Crippen LogP contribution in [0.3, 0.4) is 0 Å². The van der Waals surface area contributed by atoms with Gasteiger partial charge in [-0.2, -0.15) is 0 Å². The van der Waals surface area contributed by atoms with E-state index in [1.165, 1.54) is 12.8 Å². The van der Waals surface area contributed by atoms with Crippen LogP contribution in [0.25, 0.3) is 0 Å². The van der Waals surface area contributed by atoms with E-state index < -0.39 is 0 Å². The number of carbonyl (C=O) groups is 1. The number of aryl methyl sites for hydroxylation is 1. The molecule has 0 spiro atoms. The van der Waals surface area contributed by atoms with Gasteiger partial charge in [-0.05, 0) is 31.6 Å². The molecule has 1 aromatic rings. The van der Waals surface area contributed by atoms with Gasteiger partial charge in [-0.15, -0.1) is 0 Å². The maximum absolute atomic E-state index is 12.2. The molecule has 0 bridgehead atoms. The minimum absolute atomic E-state index is 0.0763. The van der Waals surface area contributed by atoms with Gasteiger partial charge in [-0.25, -0.2) is 4.63 Å². The molecule has 1 amide bonds. The van der Waals surface area contributed by atoms with Crippen molar-refractivity contribution in [2.24, 2.45) is 17.6 Å². The lowest BCUT2D eigenvalue weighted by Gasteiger charge is -2.15. The summed E-state index contributed by atoms with van der Waals surface area (Å²) in [7, 11) is 0. The highest BCUT2D eigenvalue weighted by molar-refractivity contribution is 5.78. The van der Waals surface area contributed by atoms with Crippen molar-refractivity contribution in [2.45, 2.75) is 32.2 Å². The summed E-state index contributed by atoms with van der Waals surface area (Å²) in [5, 5.41) is 7.43. The Morgan fingerprint density at radius 3 is 2.83 bits per heavy atom. The smallest absolute Gasteiger partial charge is 0.228 e. The molecule has 2 N–H and O–H groups in total. The van der Waals surface area contributed by atoms with Gasteiger partial charge >= 0.3 is 0 Å². The van der Waals surface area contributed by atoms with Crippen LogP contribution in [0.15, 0.2) is 4.63 Å². The lowest BCUT2D eigenvalue weighted by Crippen LogP contribution is -2.33. The highest BCUT2D eigenvalue weighted by atomic mass is 16.6. The van der Waals surface area contributed by atoms with E-state index in [1.807, 2.05) is 4.90 Å². The van der Waals surface area contributed by atoms with Crippen molar-refractivity contribution in [1.82, 2.24) is 15.2 Å². The van der Waals surface area contributed by atoms with Crippen LogP contribution in [-0.4, -0.2) is 40.3 Å². The average molecular weight is 250 g/mol. The van der Waals surface area contributed by atoms with E-state index in [0.29, 0.717) is 23.9 Å². The number of carbonyl (C=O) groups excluding carboxylic acids is 1. The Bertz CT molecular complexity index is 455. The van der Waals surface area contributed by atoms with E-state index in [4.69, 9.17) is 5.73 Å². The molecule has 18 heavy (non-hydrogen) atoms. The van der Waals surface area contributed by atoms with Crippen molar-refractivity contribution in [2.75, 3.05) is 13.1 Å². The summed E-state index contributed by atoms with van der Waals surface area (Å²) < 4.78 is 4.60. The van der Waals surface area contributed by atoms with Crippen LogP contribution in [0, 0.1) is 18.8 Å². The predicted molar refractivity (Wildman–Crippen MR) is 63.5 cm³/mol. The van der Waals surface area contributed by atoms with Crippen LogP contribution in [0.5, 0.6) is 0 Å². The Balaban J connectivity index is 1.62. The fraction of sp³-hybridized carbons (Fsp3) is 0.750. The van der Waals surface area contributed by atoms with E-state index in [9.17, 15) is 4.79 Å². The predicted octanol–water partition coefficient (Wildman–Crippen LogP) is 0.116. The zero-order valence-corrected chi connectivity index (χ0v) is 10.5. The first-order valence-electron chi connectivity index (χ1n) is 6.46. The molecule has 1 saturated carbocycles. The SMILES string of the molecule is Cc1nonc1CC(=O)N1C[C@H](C2CC2)[C@@H](N)C1. The molecule has 2 aliphatic rings. The normalized spacial score (nSPS) is 27.8. The second-order valence-electron chi connectivity index (χ2n) is 5.44. The van der Waals surface area contributed by atoms with Crippen molar-refractivity contribution in [3.05, 3.63) is 11.4 Å². The Hall–Kier alpha value is -1.43. The molecule has 3 rings (SSSR count). The van der Waals surface area contributed by atoms with Gasteiger partial charge in [0.2, 0.25) is 5.91 Å². The summed E-state index contributed by atoms with van der Waals surface area (Å²) in [6.45, 7) is 3.27. The number of aromatic nitrogens is 2. The van der Waals surface area contributed by atoms with Gasteiger partial charge in [0.25, 0.3) is 0 Å². The largest absolute Gasteiger partial charge is 0.340 e. The van der Waals surface area contributed by atoms with E-state index in [1.54, 1.807) is 6.92 Å². The van der Waals surface area contributed by atoms with Gasteiger partial charge in [-0.3, -0.25) is 4.79 Å². The minimum atomic E-state index is 0.0763. The van der Waals surface area contributed by atoms with Crippen LogP contribution < -0.4 is 5.73 Å². The van der Waals surface area contributed by atoms with Gasteiger partial charge in [0, 0.05) is 19.1 Å². The van der Waals surface area contributed by atoms with Crippen molar-refractivity contribution in [1.29, 1.82) is 0 Å². The maximum atomic E-state index is 12.2. The van der Waals surface area contributed by atoms with Gasteiger partial charge < -0.3 is 10.6 Å². The van der Waals surface area contributed by atoms with E-state index in [2.05, 4.69) is 14.9 Å². The Morgan fingerprint density at radius 2 is 2.22 bits per heavy atom. The van der Waals surface area contributed by atoms with Gasteiger partial charge in [-0.1, -0.05) is 10.3 Å². The van der Waals surface area contributed by atoms with E-state index in [-0.39, 0.29) is 18.4 Å². The molecule has 1 saturated heterocycles. The number of hydrogen-bond donors (Lipinski definition) is 1. The highest BCUT2D eigenvalue weighted by Gasteiger charge is 2.42. The number of nitrogens with zero attached hydrogens (tertiary/aromatic N) is 3. The van der Waals surface area contributed by atoms with Crippen molar-refractivity contribution in [3.63, 3.8) is 0 Å². The molecule has 0 unspecified atom stereocenters. The molecule has 2 fully saturated rings. The maximum Gasteiger partial charge on any atom is 0.228 e. The Kier molecular flexibility index (Phi) is 2.81. The third kappa shape index (κ3) is 2.12. The van der Waals surface area contributed by atoms with Gasteiger partial charge in [0.15, 0.2) is 0 Å². The molecular weight excluding hydrogens is 232 g/mol. The second-order valence-corrected chi connectivity index (χ2v) is 5.44. The first kappa shape index (κ1) is 11.6. The molecule has 6 nitrogen and oxygen atoms in total. The van der Waals surface area contributed by atoms with E-state index >= 15 is 0 Å². The first-order chi connectivity index (χ1) is 8.65. The molecular formula is C12H18N4O2. The highest BCUT2D eigenvalue weighted by Crippen LogP contribution is 2.40. The van der Waals surface area contributed by atoms with Crippen LogP contribution in [0.4, 0.5) is 0 Å². The topological polar surface area (TPSA) is 85.2 Å². The third-order valence-corrected chi connectivity index (χ3v) is 4.06. The van der Waals surface area contributed by atoms with Crippen molar-refractivity contribution >= 4 is 5.91 Å². The van der Waals surface area contributed by atoms with Crippen LogP contribution >= 0.6 is 0 Å². The van der Waals surface area contributed by atoms with Crippen LogP contribution in [0.2, 0.25) is 0 Å². The lowest BCUT2D eigenvalue weighted by atomic mass is 9.99. The van der Waals surface area contributed by atoms with Gasteiger partial charge in [0.05, 0.1) is 6.42 Å². The number of hydrogen-bond acceptors (Lipinski definition) is 5. The molecule has 1 aliphatic carbocycles. The summed E-state index contributed by atoms with van der Waals surface area (Å²) in [6.07, 6.45) is 2.80. The fourth-order valence-corrected chi connectivity index (χ4v) is 2.75. The van der Waals surface area contributed by atoms with Gasteiger partial charge in [0.1, 0.15) is 11.4 Å². The number of rotatable bonds is 3. The Morgan fingerprint density at radius 1 is 1.44 bits per heavy atom. The monoisotopic (exact) mass is 250 g/mol. The Labute approximate surface area is 105 Å². The standard InChI is InChI=1S/C12H18N4O2/c1-7-11(15-18-14-7)4-12(17)16-5-9(8-2-3-8)10(13)6-16/h8-10H,2-6,13H2,1H3/t9-,10+/m1/s1. The molecule has 6 heteroatoms. The molecule has 2 heterocycles. The summed E-state index contributed by atoms with van der Waals surface area (Å²) >= 11 is 0. The lowest BCUT2D eigenvalue weighted by molar-refractivity contribution is -0.129. The van der Waals surface area contributed by atoms with Crippen LogP contribution in [-0.2, 0) is 11.2 Å². The quantitative estimate of drug-likeness (QED) is 0.823. The third-order valence-electron chi connectivity index (χ3n) is 4.06. The average Bonchev–Trinajstić information content (AvgIpc) is 3.00. The van der Waals surface area contributed by atoms with Crippen LogP contribution in [0.1, 0.15) is 24.2 Å². The number of likely N-dealkylation sites (tertiary alicyclic amines) is 1. The number of nitrogens with two attached hydrogens (primary N) is 1. The second kappa shape index (κ2) is 4.35. The summed E-state index contributed by atoms with van der Waals surface area (Å²) in [4.78, 5) is 14.0. The fourth-order valence-electron chi connectivity index (χ4n) is 2.75. The summed E-state index contributed by atoms with van der Waals surface area (Å²) in [6, 6.07) is 0.137. The van der Waals surface area contributed by atoms with Crippen molar-refractivity contribution in [3.8, 4) is 0 Å². The van der Waals surface area contributed by atoms with E-state index in [0.717, 1.165) is 12.5 Å².